The average molecular weight is 1880 g/mol. The lowest BCUT2D eigenvalue weighted by molar-refractivity contribution is -0.139. The Kier molecular flexibility index (Phi) is 33.3. The Morgan fingerprint density at radius 1 is 0.346 bits per heavy atom. The van der Waals surface area contributed by atoms with Gasteiger partial charge in [0, 0.05) is 113 Å². The van der Waals surface area contributed by atoms with Crippen LogP contribution in [0.2, 0.25) is 20.1 Å². The van der Waals surface area contributed by atoms with Crippen LogP contribution in [0.25, 0.3) is 0 Å². The molecule has 28 nitrogen and oxygen atoms in total. The maximum atomic E-state index is 13.1. The van der Waals surface area contributed by atoms with Crippen molar-refractivity contribution < 1.29 is 66.8 Å². The summed E-state index contributed by atoms with van der Waals surface area (Å²) in [6.07, 6.45) is 10.6. The summed E-state index contributed by atoms with van der Waals surface area (Å²) < 4.78 is 37.4. The molecule has 4 atom stereocenters. The highest BCUT2D eigenvalue weighted by Gasteiger charge is 2.43. The number of rotatable bonds is 25. The molecule has 0 aliphatic carbocycles. The highest BCUT2D eigenvalue weighted by Crippen LogP contribution is 2.50. The minimum absolute atomic E-state index is 0.243. The fourth-order valence-electron chi connectivity index (χ4n) is 16.0. The SMILES string of the molecule is CCCC1=C(C(=O)OCC)C(c2ccccc2Cl)c2cn(C(=O)Nc3ccccc3)nc2N1.CCCC1=C(C(=O)OCC)C(c2ccccc2Cl)c2cn(C(=O)Oc3ccccc3)nc2N1.CCCC1=C(C(=O)OCC)C(c2ccccc2Cl)c2cnn(C(=O)NCc3ccccc3)c2N1.CCCC1=C(C(=O)OCC)C(c2ccccc2Cl)c2cnn(C(=O)Oc3ccccc3)c2N1. The van der Waals surface area contributed by atoms with E-state index in [2.05, 4.69) is 52.3 Å². The third kappa shape index (κ3) is 22.5. The number of aromatic nitrogens is 8. The van der Waals surface area contributed by atoms with E-state index in [1.165, 1.54) is 14.0 Å². The Balaban J connectivity index is 0.000000151. The maximum Gasteiger partial charge on any atom is 0.442 e. The predicted octanol–water partition coefficient (Wildman–Crippen LogP) is 22.8. The minimum atomic E-state index is -0.664. The molecule has 12 aromatic rings. The van der Waals surface area contributed by atoms with Crippen LogP contribution in [0, 0.1) is 0 Å². The fourth-order valence-corrected chi connectivity index (χ4v) is 17.0. The molecule has 0 saturated heterocycles. The molecule has 4 unspecified atom stereocenters. The molecule has 8 heterocycles. The van der Waals surface area contributed by atoms with E-state index in [1.807, 2.05) is 161 Å². The van der Waals surface area contributed by atoms with Crippen LogP contribution in [-0.2, 0) is 44.7 Å². The summed E-state index contributed by atoms with van der Waals surface area (Å²) in [6.45, 7) is 16.5. The van der Waals surface area contributed by atoms with Gasteiger partial charge in [0.2, 0.25) is 0 Å². The van der Waals surface area contributed by atoms with Crippen molar-refractivity contribution in [2.75, 3.05) is 53.0 Å². The largest absolute Gasteiger partial charge is 0.463 e. The molecular weight excluding hydrogens is 1780 g/mol. The number of nitrogens with zero attached hydrogens (tertiary/aromatic N) is 8. The lowest BCUT2D eigenvalue weighted by Crippen LogP contribution is -2.32. The predicted molar refractivity (Wildman–Crippen MR) is 512 cm³/mol. The molecule has 686 valence electrons. The topological polar surface area (TPSA) is 335 Å². The first-order chi connectivity index (χ1) is 64.6. The second-order valence-electron chi connectivity index (χ2n) is 30.5. The third-order valence-electron chi connectivity index (χ3n) is 21.7. The summed E-state index contributed by atoms with van der Waals surface area (Å²) >= 11 is 26.3. The summed E-state index contributed by atoms with van der Waals surface area (Å²) in [5.41, 5.74) is 12.0. The molecule has 0 radical (unpaired) electrons. The highest BCUT2D eigenvalue weighted by atomic mass is 35.5. The van der Waals surface area contributed by atoms with Gasteiger partial charge in [0.25, 0.3) is 0 Å². The van der Waals surface area contributed by atoms with E-state index < -0.39 is 65.8 Å². The minimum Gasteiger partial charge on any atom is -0.463 e. The van der Waals surface area contributed by atoms with Crippen molar-refractivity contribution in [2.24, 2.45) is 0 Å². The number of carbonyl (C=O) groups excluding carboxylic acids is 8. The first-order valence-corrected chi connectivity index (χ1v) is 45.4. The van der Waals surface area contributed by atoms with Crippen molar-refractivity contribution >= 4 is 123 Å². The molecule has 4 aliphatic rings. The highest BCUT2D eigenvalue weighted by molar-refractivity contribution is 6.33. The van der Waals surface area contributed by atoms with Gasteiger partial charge in [0.05, 0.1) is 61.1 Å². The number of hydrogen-bond acceptors (Lipinski definition) is 22. The molecule has 16 rings (SSSR count). The number of carbonyl (C=O) groups is 8. The van der Waals surface area contributed by atoms with Gasteiger partial charge in [-0.15, -0.1) is 14.9 Å². The first kappa shape index (κ1) is 96.2. The monoisotopic (exact) mass is 1870 g/mol. The number of allylic oxidation sites excluding steroid dienone is 4. The molecule has 0 saturated carbocycles. The summed E-state index contributed by atoms with van der Waals surface area (Å²) in [5, 5.41) is 38.5. The van der Waals surface area contributed by atoms with E-state index >= 15 is 0 Å². The Labute approximate surface area is 789 Å². The van der Waals surface area contributed by atoms with E-state index in [0.717, 1.165) is 63.9 Å². The van der Waals surface area contributed by atoms with Crippen molar-refractivity contribution in [1.29, 1.82) is 0 Å². The van der Waals surface area contributed by atoms with Crippen LogP contribution < -0.4 is 41.4 Å². The number of amides is 2. The number of halogens is 4. The summed E-state index contributed by atoms with van der Waals surface area (Å²) in [7, 11) is 0. The number of nitrogens with one attached hydrogen (secondary N) is 6. The first-order valence-electron chi connectivity index (χ1n) is 43.9. The summed E-state index contributed by atoms with van der Waals surface area (Å²) in [4.78, 5) is 104. The number of hydrogen-bond donors (Lipinski definition) is 6. The number of anilines is 5. The third-order valence-corrected chi connectivity index (χ3v) is 23.0. The second kappa shape index (κ2) is 46.0. The Morgan fingerprint density at radius 3 is 1.04 bits per heavy atom. The molecular formula is C101H100Cl4N14O14. The van der Waals surface area contributed by atoms with Crippen LogP contribution in [-0.4, -0.2) is 114 Å². The lowest BCUT2D eigenvalue weighted by Gasteiger charge is -2.30. The van der Waals surface area contributed by atoms with Crippen molar-refractivity contribution in [2.45, 2.75) is 137 Å². The zero-order valence-electron chi connectivity index (χ0n) is 74.4. The van der Waals surface area contributed by atoms with Gasteiger partial charge in [-0.1, -0.05) is 258 Å². The average Bonchev–Trinajstić information content (AvgIpc) is 1.66. The van der Waals surface area contributed by atoms with Gasteiger partial charge in [-0.2, -0.15) is 24.2 Å². The molecule has 32 heteroatoms. The fraction of sp³-hybridized carbons (Fsp3) is 0.248. The van der Waals surface area contributed by atoms with Crippen LogP contribution >= 0.6 is 46.4 Å². The Bertz CT molecular complexity index is 6100. The van der Waals surface area contributed by atoms with Crippen LogP contribution in [0.1, 0.15) is 180 Å². The number of ether oxygens (including phenoxy) is 6. The Hall–Kier alpha value is -14.3. The molecule has 6 N–H and O–H groups in total. The summed E-state index contributed by atoms with van der Waals surface area (Å²) in [5.74, 6) is -1.04. The standard InChI is InChI=1S/C26H27ClN4O3.C25H25ClN4O3.2C25H24ClN3O4/c1-3-10-21-23(25(32)34-4-2)22(18-13-8-9-14-20(18)27)19-16-29-31(24(19)30-21)26(33)28-15-17-11-6-5-7-12-17;1-3-10-20-22(24(31)33-4-2)21(17-13-8-9-14-19(17)26)18-15-30(29-23(18)28-20)25(32)27-16-11-6-5-7-12-16;1-3-10-20-22(24(30)32-4-2)21(17-13-8-9-14-19(17)26)18-15-29(28-23(18)27-20)25(31)33-16-11-6-5-7-12-16;1-3-10-20-22(24(30)32-4-2)21(17-13-8-9-14-19(17)26)18-15-27-29(23(18)28-20)25(31)33-16-11-6-5-7-12-16/h5-9,11-14,16,22,30H,3-4,10,15H2,1-2H3,(H,28,33);5-9,11-15,21H,3-4,10H2,1-2H3,(H,27,32)(H,28,29);5-9,11-15,21H,3-4,10H2,1-2H3,(H,27,28);5-9,11-15,21,28H,3-4,10H2,1-2H3. The van der Waals surface area contributed by atoms with E-state index in [4.69, 9.17) is 74.8 Å². The second-order valence-corrected chi connectivity index (χ2v) is 32.2. The van der Waals surface area contributed by atoms with Crippen LogP contribution in [0.15, 0.2) is 288 Å². The molecule has 8 aromatic carbocycles. The smallest absolute Gasteiger partial charge is 0.442 e. The van der Waals surface area contributed by atoms with Gasteiger partial charge in [-0.05, 0) is 142 Å². The molecule has 2 amide bonds. The summed E-state index contributed by atoms with van der Waals surface area (Å²) in [6, 6.07) is 65.0. The van der Waals surface area contributed by atoms with E-state index in [1.54, 1.807) is 137 Å². The maximum absolute atomic E-state index is 13.1. The van der Waals surface area contributed by atoms with Crippen molar-refractivity contribution in [3.63, 3.8) is 0 Å². The van der Waals surface area contributed by atoms with E-state index in [0.29, 0.717) is 154 Å². The van der Waals surface area contributed by atoms with E-state index in [-0.39, 0.29) is 32.5 Å². The number of fused-ring (bicyclic) bond motifs is 4. The van der Waals surface area contributed by atoms with Crippen LogP contribution in [0.4, 0.5) is 48.1 Å². The Morgan fingerprint density at radius 2 is 0.662 bits per heavy atom. The number of esters is 4. The van der Waals surface area contributed by atoms with Crippen molar-refractivity contribution in [3.05, 3.63) is 358 Å². The number of benzene rings is 8. The zero-order valence-corrected chi connectivity index (χ0v) is 77.4. The quantitative estimate of drug-likeness (QED) is 0.0229. The molecule has 4 aromatic heterocycles. The molecule has 0 bridgehead atoms. The van der Waals surface area contributed by atoms with Gasteiger partial charge in [-0.3, -0.25) is 0 Å². The van der Waals surface area contributed by atoms with Gasteiger partial charge >= 0.3 is 48.1 Å². The van der Waals surface area contributed by atoms with E-state index in [9.17, 15) is 38.4 Å². The van der Waals surface area contributed by atoms with Gasteiger partial charge in [0.15, 0.2) is 11.6 Å². The molecule has 0 fully saturated rings. The molecule has 0 spiro atoms. The molecule has 4 aliphatic heterocycles. The normalized spacial score (nSPS) is 14.9. The zero-order chi connectivity index (χ0) is 94.2. The van der Waals surface area contributed by atoms with Gasteiger partial charge in [-0.25, -0.2) is 38.4 Å². The van der Waals surface area contributed by atoms with Crippen LogP contribution in [0.5, 0.6) is 11.5 Å². The van der Waals surface area contributed by atoms with Gasteiger partial charge in [0.1, 0.15) is 23.1 Å². The number of para-hydroxylation sites is 3. The molecule has 133 heavy (non-hydrogen) atoms. The van der Waals surface area contributed by atoms with Gasteiger partial charge < -0.3 is 60.3 Å². The van der Waals surface area contributed by atoms with Crippen molar-refractivity contribution in [1.82, 2.24) is 44.4 Å². The van der Waals surface area contributed by atoms with Crippen LogP contribution in [0.3, 0.4) is 0 Å². The van der Waals surface area contributed by atoms with Crippen molar-refractivity contribution in [3.8, 4) is 11.5 Å². The lowest BCUT2D eigenvalue weighted by atomic mass is 9.82.